The molecule has 0 bridgehead atoms. The fourth-order valence-electron chi connectivity index (χ4n) is 1.15. The lowest BCUT2D eigenvalue weighted by molar-refractivity contribution is -0.145. The summed E-state index contributed by atoms with van der Waals surface area (Å²) in [7, 11) is 0. The van der Waals surface area contributed by atoms with Gasteiger partial charge in [0.05, 0.1) is 6.61 Å². The van der Waals surface area contributed by atoms with Crippen molar-refractivity contribution in [1.29, 1.82) is 0 Å². The summed E-state index contributed by atoms with van der Waals surface area (Å²) in [6.07, 6.45) is 6.48. The number of unbranched alkanes of at least 4 members (excludes halogenated alkanes) is 4. The highest BCUT2D eigenvalue weighted by atomic mass is 16.5. The predicted octanol–water partition coefficient (Wildman–Crippen LogP) is 2.24. The first-order valence-electron chi connectivity index (χ1n) is 5.64. The van der Waals surface area contributed by atoms with Crippen LogP contribution in [0.2, 0.25) is 0 Å². The van der Waals surface area contributed by atoms with Gasteiger partial charge in [-0.05, 0) is 12.8 Å². The standard InChI is InChI=1S/C11H23NO2/c1-3-5-6-7-8-9-14-11(13)10(12)4-2/h10H,3-9,12H2,1-2H3/t10-/m0/s1. The maximum absolute atomic E-state index is 11.1. The SMILES string of the molecule is CCCCCCCOC(=O)[C@@H](N)CC. The summed E-state index contributed by atoms with van der Waals surface area (Å²) in [4.78, 5) is 11.1. The summed E-state index contributed by atoms with van der Waals surface area (Å²) in [5.74, 6) is -0.261. The Balaban J connectivity index is 3.23. The Morgan fingerprint density at radius 3 is 2.43 bits per heavy atom. The van der Waals surface area contributed by atoms with Gasteiger partial charge in [0, 0.05) is 0 Å². The van der Waals surface area contributed by atoms with E-state index in [0.29, 0.717) is 13.0 Å². The second-order valence-electron chi connectivity index (χ2n) is 3.60. The topological polar surface area (TPSA) is 52.3 Å². The molecule has 1 atom stereocenters. The third kappa shape index (κ3) is 6.89. The Hall–Kier alpha value is -0.570. The maximum atomic E-state index is 11.1. The van der Waals surface area contributed by atoms with Crippen molar-refractivity contribution in [1.82, 2.24) is 0 Å². The molecule has 0 saturated heterocycles. The van der Waals surface area contributed by atoms with Gasteiger partial charge in [-0.2, -0.15) is 0 Å². The van der Waals surface area contributed by atoms with Crippen molar-refractivity contribution >= 4 is 5.97 Å². The zero-order chi connectivity index (χ0) is 10.8. The van der Waals surface area contributed by atoms with Crippen LogP contribution < -0.4 is 5.73 Å². The van der Waals surface area contributed by atoms with Gasteiger partial charge in [0.25, 0.3) is 0 Å². The van der Waals surface area contributed by atoms with Gasteiger partial charge in [-0.25, -0.2) is 0 Å². The van der Waals surface area contributed by atoms with Crippen molar-refractivity contribution in [2.45, 2.75) is 58.4 Å². The van der Waals surface area contributed by atoms with Crippen LogP contribution in [0.4, 0.5) is 0 Å². The normalized spacial score (nSPS) is 12.5. The molecule has 0 spiro atoms. The van der Waals surface area contributed by atoms with E-state index in [1.54, 1.807) is 0 Å². The van der Waals surface area contributed by atoms with E-state index in [4.69, 9.17) is 10.5 Å². The fourth-order valence-corrected chi connectivity index (χ4v) is 1.15. The zero-order valence-corrected chi connectivity index (χ0v) is 9.42. The summed E-state index contributed by atoms with van der Waals surface area (Å²) in [5, 5.41) is 0. The molecule has 0 aliphatic carbocycles. The lowest BCUT2D eigenvalue weighted by Gasteiger charge is -2.08. The smallest absolute Gasteiger partial charge is 0.322 e. The van der Waals surface area contributed by atoms with Gasteiger partial charge < -0.3 is 10.5 Å². The summed E-state index contributed by atoms with van der Waals surface area (Å²) >= 11 is 0. The van der Waals surface area contributed by atoms with Crippen LogP contribution in [-0.2, 0) is 9.53 Å². The molecule has 0 saturated carbocycles. The lowest BCUT2D eigenvalue weighted by Crippen LogP contribution is -2.31. The molecule has 0 heterocycles. The van der Waals surface area contributed by atoms with Gasteiger partial charge in [0.1, 0.15) is 6.04 Å². The zero-order valence-electron chi connectivity index (χ0n) is 9.42. The van der Waals surface area contributed by atoms with E-state index in [1.165, 1.54) is 19.3 Å². The molecular formula is C11H23NO2. The van der Waals surface area contributed by atoms with Crippen LogP contribution in [0.15, 0.2) is 0 Å². The quantitative estimate of drug-likeness (QED) is 0.484. The number of nitrogens with two attached hydrogens (primary N) is 1. The number of ether oxygens (including phenoxy) is 1. The average Bonchev–Trinajstić information content (AvgIpc) is 2.21. The monoisotopic (exact) mass is 201 g/mol. The van der Waals surface area contributed by atoms with Crippen LogP contribution in [-0.4, -0.2) is 18.6 Å². The van der Waals surface area contributed by atoms with Crippen molar-refractivity contribution in [2.24, 2.45) is 5.73 Å². The first-order chi connectivity index (χ1) is 6.72. The molecule has 0 aromatic rings. The molecule has 0 aliphatic heterocycles. The van der Waals surface area contributed by atoms with Crippen LogP contribution in [0.3, 0.4) is 0 Å². The van der Waals surface area contributed by atoms with Crippen molar-refractivity contribution in [3.8, 4) is 0 Å². The molecular weight excluding hydrogens is 178 g/mol. The summed E-state index contributed by atoms with van der Waals surface area (Å²) in [6.45, 7) is 4.59. The van der Waals surface area contributed by atoms with Gasteiger partial charge in [0.15, 0.2) is 0 Å². The molecule has 0 aromatic heterocycles. The second-order valence-corrected chi connectivity index (χ2v) is 3.60. The largest absolute Gasteiger partial charge is 0.465 e. The number of esters is 1. The van der Waals surface area contributed by atoms with E-state index in [2.05, 4.69) is 6.92 Å². The maximum Gasteiger partial charge on any atom is 0.322 e. The highest BCUT2D eigenvalue weighted by molar-refractivity contribution is 5.75. The van der Waals surface area contributed by atoms with Crippen LogP contribution in [0.1, 0.15) is 52.4 Å². The Morgan fingerprint density at radius 2 is 1.86 bits per heavy atom. The minimum atomic E-state index is -0.439. The third-order valence-electron chi connectivity index (χ3n) is 2.23. The van der Waals surface area contributed by atoms with Crippen molar-refractivity contribution in [3.63, 3.8) is 0 Å². The molecule has 0 radical (unpaired) electrons. The molecule has 0 fully saturated rings. The first kappa shape index (κ1) is 13.4. The highest BCUT2D eigenvalue weighted by Gasteiger charge is 2.11. The molecule has 14 heavy (non-hydrogen) atoms. The van der Waals surface area contributed by atoms with Gasteiger partial charge in [0.2, 0.25) is 0 Å². The van der Waals surface area contributed by atoms with Crippen LogP contribution in [0, 0.1) is 0 Å². The van der Waals surface area contributed by atoms with Crippen LogP contribution in [0.25, 0.3) is 0 Å². The molecule has 3 heteroatoms. The Kier molecular flexibility index (Phi) is 8.64. The van der Waals surface area contributed by atoms with Crippen molar-refractivity contribution < 1.29 is 9.53 Å². The number of hydrogen-bond donors (Lipinski definition) is 1. The van der Waals surface area contributed by atoms with E-state index in [0.717, 1.165) is 12.8 Å². The molecule has 0 amide bonds. The second kappa shape index (κ2) is 9.00. The van der Waals surface area contributed by atoms with Crippen LogP contribution in [0.5, 0.6) is 0 Å². The number of hydrogen-bond acceptors (Lipinski definition) is 3. The third-order valence-corrected chi connectivity index (χ3v) is 2.23. The molecule has 3 nitrogen and oxygen atoms in total. The molecule has 2 N–H and O–H groups in total. The molecule has 0 rings (SSSR count). The number of carbonyl (C=O) groups is 1. The minimum absolute atomic E-state index is 0.261. The predicted molar refractivity (Wildman–Crippen MR) is 58.0 cm³/mol. The summed E-state index contributed by atoms with van der Waals surface area (Å²) in [6, 6.07) is -0.439. The van der Waals surface area contributed by atoms with E-state index in [1.807, 2.05) is 6.92 Å². The first-order valence-corrected chi connectivity index (χ1v) is 5.64. The van der Waals surface area contributed by atoms with Gasteiger partial charge in [-0.3, -0.25) is 4.79 Å². The van der Waals surface area contributed by atoms with Crippen molar-refractivity contribution in [2.75, 3.05) is 6.61 Å². The molecule has 0 unspecified atom stereocenters. The van der Waals surface area contributed by atoms with Gasteiger partial charge in [-0.1, -0.05) is 39.5 Å². The lowest BCUT2D eigenvalue weighted by atomic mass is 10.2. The summed E-state index contributed by atoms with van der Waals surface area (Å²) in [5.41, 5.74) is 5.50. The molecule has 0 aliphatic rings. The average molecular weight is 201 g/mol. The Morgan fingerprint density at radius 1 is 1.21 bits per heavy atom. The van der Waals surface area contributed by atoms with Gasteiger partial charge >= 0.3 is 5.97 Å². The summed E-state index contributed by atoms with van der Waals surface area (Å²) < 4.78 is 5.01. The molecule has 0 aromatic carbocycles. The number of rotatable bonds is 8. The van der Waals surface area contributed by atoms with E-state index in [-0.39, 0.29) is 5.97 Å². The van der Waals surface area contributed by atoms with Crippen LogP contribution >= 0.6 is 0 Å². The van der Waals surface area contributed by atoms with E-state index in [9.17, 15) is 4.79 Å². The highest BCUT2D eigenvalue weighted by Crippen LogP contribution is 2.02. The fraction of sp³-hybridized carbons (Fsp3) is 0.909. The van der Waals surface area contributed by atoms with E-state index < -0.39 is 6.04 Å². The molecule has 84 valence electrons. The van der Waals surface area contributed by atoms with Gasteiger partial charge in [-0.15, -0.1) is 0 Å². The Bertz CT molecular complexity index is 148. The minimum Gasteiger partial charge on any atom is -0.465 e. The Labute approximate surface area is 87.0 Å². The number of carbonyl (C=O) groups excluding carboxylic acids is 1. The van der Waals surface area contributed by atoms with E-state index >= 15 is 0 Å². The van der Waals surface area contributed by atoms with Crippen molar-refractivity contribution in [3.05, 3.63) is 0 Å².